The van der Waals surface area contributed by atoms with Gasteiger partial charge in [0.15, 0.2) is 0 Å². The summed E-state index contributed by atoms with van der Waals surface area (Å²) in [7, 11) is 1.29. The van der Waals surface area contributed by atoms with Crippen molar-refractivity contribution in [2.75, 3.05) is 26.7 Å². The smallest absolute Gasteiger partial charge is 0.407 e. The third kappa shape index (κ3) is 3.97. The first-order valence-electron chi connectivity index (χ1n) is 7.27. The van der Waals surface area contributed by atoms with Crippen LogP contribution in [0.5, 0.6) is 0 Å². The van der Waals surface area contributed by atoms with Crippen molar-refractivity contribution in [2.45, 2.75) is 25.7 Å². The third-order valence-corrected chi connectivity index (χ3v) is 3.97. The van der Waals surface area contributed by atoms with Crippen LogP contribution in [0.25, 0.3) is 0 Å². The van der Waals surface area contributed by atoms with Gasteiger partial charge in [0.2, 0.25) is 5.91 Å². The Hall–Kier alpha value is -2.04. The summed E-state index contributed by atoms with van der Waals surface area (Å²) in [4.78, 5) is 25.0. The number of amides is 2. The molecule has 1 fully saturated rings. The molecule has 1 atom stereocenters. The van der Waals surface area contributed by atoms with Crippen molar-refractivity contribution in [3.8, 4) is 0 Å². The molecule has 1 aliphatic rings. The van der Waals surface area contributed by atoms with E-state index in [9.17, 15) is 9.59 Å². The standard InChI is InChI=1S/C16H22N2O3/c1-12-6-3-4-8-14(12)13-7-5-9-18(11-13)15(19)10-17-16(20)21-2/h3-4,6,8,13H,5,7,9-11H2,1-2H3,(H,17,20)/t13-/m0/s1. The molecule has 114 valence electrons. The number of aryl methyl sites for hydroxylation is 1. The number of alkyl carbamates (subject to hydrolysis) is 1. The minimum atomic E-state index is -0.573. The Labute approximate surface area is 125 Å². The molecule has 0 aliphatic carbocycles. The number of ether oxygens (including phenoxy) is 1. The molecule has 0 spiro atoms. The van der Waals surface area contributed by atoms with Gasteiger partial charge in [-0.2, -0.15) is 0 Å². The molecule has 1 aromatic rings. The lowest BCUT2D eigenvalue weighted by Gasteiger charge is -2.33. The van der Waals surface area contributed by atoms with Gasteiger partial charge in [-0.3, -0.25) is 4.79 Å². The summed E-state index contributed by atoms with van der Waals surface area (Å²) < 4.78 is 4.47. The maximum atomic E-state index is 12.1. The molecule has 21 heavy (non-hydrogen) atoms. The van der Waals surface area contributed by atoms with Crippen molar-refractivity contribution < 1.29 is 14.3 Å². The van der Waals surface area contributed by atoms with Crippen molar-refractivity contribution in [3.05, 3.63) is 35.4 Å². The van der Waals surface area contributed by atoms with Crippen molar-refractivity contribution in [1.82, 2.24) is 10.2 Å². The van der Waals surface area contributed by atoms with Crippen LogP contribution in [0.2, 0.25) is 0 Å². The summed E-state index contributed by atoms with van der Waals surface area (Å²) in [5.74, 6) is 0.320. The first kappa shape index (κ1) is 15.4. The zero-order valence-electron chi connectivity index (χ0n) is 12.6. The zero-order valence-corrected chi connectivity index (χ0v) is 12.6. The molecule has 0 unspecified atom stereocenters. The predicted octanol–water partition coefficient (Wildman–Crippen LogP) is 2.06. The molecular weight excluding hydrogens is 268 g/mol. The number of methoxy groups -OCH3 is 1. The fraction of sp³-hybridized carbons (Fsp3) is 0.500. The second-order valence-corrected chi connectivity index (χ2v) is 5.38. The second-order valence-electron chi connectivity index (χ2n) is 5.38. The summed E-state index contributed by atoms with van der Waals surface area (Å²) in [6, 6.07) is 8.32. The zero-order chi connectivity index (χ0) is 15.2. The van der Waals surface area contributed by atoms with E-state index < -0.39 is 6.09 Å². The van der Waals surface area contributed by atoms with Crippen molar-refractivity contribution in [2.24, 2.45) is 0 Å². The number of nitrogens with one attached hydrogen (secondary N) is 1. The van der Waals surface area contributed by atoms with Crippen LogP contribution in [0.1, 0.15) is 29.9 Å². The van der Waals surface area contributed by atoms with Gasteiger partial charge >= 0.3 is 6.09 Å². The minimum Gasteiger partial charge on any atom is -0.453 e. The van der Waals surface area contributed by atoms with E-state index in [0.717, 1.165) is 19.4 Å². The predicted molar refractivity (Wildman–Crippen MR) is 80.1 cm³/mol. The molecule has 1 heterocycles. The van der Waals surface area contributed by atoms with E-state index >= 15 is 0 Å². The van der Waals surface area contributed by atoms with Crippen LogP contribution in [-0.4, -0.2) is 43.6 Å². The molecule has 1 aliphatic heterocycles. The lowest BCUT2D eigenvalue weighted by molar-refractivity contribution is -0.131. The van der Waals surface area contributed by atoms with Gasteiger partial charge in [0, 0.05) is 19.0 Å². The highest BCUT2D eigenvalue weighted by molar-refractivity contribution is 5.82. The van der Waals surface area contributed by atoms with Gasteiger partial charge in [-0.05, 0) is 30.9 Å². The van der Waals surface area contributed by atoms with Crippen LogP contribution < -0.4 is 5.32 Å². The van der Waals surface area contributed by atoms with Crippen LogP contribution in [0.15, 0.2) is 24.3 Å². The van der Waals surface area contributed by atoms with E-state index in [1.807, 2.05) is 17.0 Å². The van der Waals surface area contributed by atoms with Gasteiger partial charge in [0.1, 0.15) is 6.54 Å². The Balaban J connectivity index is 1.96. The molecule has 1 saturated heterocycles. The topological polar surface area (TPSA) is 58.6 Å². The summed E-state index contributed by atoms with van der Waals surface area (Å²) in [5, 5.41) is 2.44. The normalized spacial score (nSPS) is 18.2. The summed E-state index contributed by atoms with van der Waals surface area (Å²) >= 11 is 0. The number of piperidine rings is 1. The number of hydrogen-bond acceptors (Lipinski definition) is 3. The Morgan fingerprint density at radius 2 is 2.14 bits per heavy atom. The van der Waals surface area contributed by atoms with E-state index in [1.54, 1.807) is 0 Å². The third-order valence-electron chi connectivity index (χ3n) is 3.97. The van der Waals surface area contributed by atoms with Crippen LogP contribution in [0, 0.1) is 6.92 Å². The molecule has 2 amide bonds. The second kappa shape index (κ2) is 7.11. The fourth-order valence-corrected chi connectivity index (χ4v) is 2.83. The molecule has 0 aromatic heterocycles. The average Bonchev–Trinajstić information content (AvgIpc) is 2.52. The van der Waals surface area contributed by atoms with E-state index in [4.69, 9.17) is 0 Å². The fourth-order valence-electron chi connectivity index (χ4n) is 2.83. The average molecular weight is 290 g/mol. The minimum absolute atomic E-state index is 0.00678. The first-order valence-corrected chi connectivity index (χ1v) is 7.27. The Bertz CT molecular complexity index is 516. The molecule has 1 N–H and O–H groups in total. The molecule has 5 nitrogen and oxygen atoms in total. The first-order chi connectivity index (χ1) is 10.1. The number of carbonyl (C=O) groups excluding carboxylic acids is 2. The van der Waals surface area contributed by atoms with Crippen molar-refractivity contribution >= 4 is 12.0 Å². The largest absolute Gasteiger partial charge is 0.453 e. The van der Waals surface area contributed by atoms with E-state index in [0.29, 0.717) is 12.5 Å². The summed E-state index contributed by atoms with van der Waals surface area (Å²) in [6.45, 7) is 3.57. The number of carbonyl (C=O) groups is 2. The van der Waals surface area contributed by atoms with E-state index in [2.05, 4.69) is 29.1 Å². The number of benzene rings is 1. The highest BCUT2D eigenvalue weighted by atomic mass is 16.5. The molecule has 2 rings (SSSR count). The Morgan fingerprint density at radius 3 is 2.86 bits per heavy atom. The molecular formula is C16H22N2O3. The van der Waals surface area contributed by atoms with Gasteiger partial charge in [-0.1, -0.05) is 24.3 Å². The molecule has 5 heteroatoms. The summed E-state index contributed by atoms with van der Waals surface area (Å²) in [6.07, 6.45) is 1.51. The van der Waals surface area contributed by atoms with Gasteiger partial charge in [0.25, 0.3) is 0 Å². The van der Waals surface area contributed by atoms with Crippen LogP contribution in [-0.2, 0) is 9.53 Å². The van der Waals surface area contributed by atoms with E-state index in [-0.39, 0.29) is 12.5 Å². The number of likely N-dealkylation sites (tertiary alicyclic amines) is 1. The number of nitrogens with zero attached hydrogens (tertiary/aromatic N) is 1. The van der Waals surface area contributed by atoms with Crippen LogP contribution in [0.4, 0.5) is 4.79 Å². The van der Waals surface area contributed by atoms with Crippen molar-refractivity contribution in [3.63, 3.8) is 0 Å². The van der Waals surface area contributed by atoms with Crippen LogP contribution >= 0.6 is 0 Å². The Morgan fingerprint density at radius 1 is 1.38 bits per heavy atom. The molecule has 0 saturated carbocycles. The maximum Gasteiger partial charge on any atom is 0.407 e. The molecule has 0 bridgehead atoms. The molecule has 0 radical (unpaired) electrons. The maximum absolute atomic E-state index is 12.1. The van der Waals surface area contributed by atoms with Gasteiger partial charge < -0.3 is 15.0 Å². The highest BCUT2D eigenvalue weighted by Crippen LogP contribution is 2.28. The molecule has 1 aromatic carbocycles. The Kier molecular flexibility index (Phi) is 5.20. The highest BCUT2D eigenvalue weighted by Gasteiger charge is 2.25. The lowest BCUT2D eigenvalue weighted by Crippen LogP contribution is -2.44. The van der Waals surface area contributed by atoms with Gasteiger partial charge in [-0.25, -0.2) is 4.79 Å². The van der Waals surface area contributed by atoms with Crippen LogP contribution in [0.3, 0.4) is 0 Å². The van der Waals surface area contributed by atoms with Crippen molar-refractivity contribution in [1.29, 1.82) is 0 Å². The van der Waals surface area contributed by atoms with Gasteiger partial charge in [-0.15, -0.1) is 0 Å². The SMILES string of the molecule is COC(=O)NCC(=O)N1CCC[C@H](c2ccccc2C)C1. The van der Waals surface area contributed by atoms with E-state index in [1.165, 1.54) is 18.2 Å². The number of rotatable bonds is 3. The quantitative estimate of drug-likeness (QED) is 0.927. The lowest BCUT2D eigenvalue weighted by atomic mass is 9.88. The monoisotopic (exact) mass is 290 g/mol. The number of hydrogen-bond donors (Lipinski definition) is 1. The summed E-state index contributed by atoms with van der Waals surface area (Å²) in [5.41, 5.74) is 2.58. The van der Waals surface area contributed by atoms with Gasteiger partial charge in [0.05, 0.1) is 7.11 Å².